The van der Waals surface area contributed by atoms with Crippen LogP contribution in [0.4, 0.5) is 5.69 Å². The zero-order valence-corrected chi connectivity index (χ0v) is 12.7. The van der Waals surface area contributed by atoms with E-state index in [1.807, 2.05) is 18.4 Å². The van der Waals surface area contributed by atoms with Crippen molar-refractivity contribution in [2.24, 2.45) is 5.14 Å². The first-order chi connectivity index (χ1) is 9.86. The van der Waals surface area contributed by atoms with Crippen LogP contribution in [0.2, 0.25) is 0 Å². The van der Waals surface area contributed by atoms with Crippen LogP contribution in [0.15, 0.2) is 34.5 Å². The van der Waals surface area contributed by atoms with Gasteiger partial charge in [-0.2, -0.15) is 0 Å². The standard InChI is InChI=1S/C14H12N2O3S2/c1-8-4-5-20-13(8)7-11-10-6-9(21(15,18)19)2-3-12(10)16-14(11)17/h2-7H,1H3,(H,16,17)(H2,15,18,19). The van der Waals surface area contributed by atoms with E-state index in [0.29, 0.717) is 16.8 Å². The van der Waals surface area contributed by atoms with Crippen molar-refractivity contribution >= 4 is 44.6 Å². The molecule has 0 fully saturated rings. The van der Waals surface area contributed by atoms with Crippen LogP contribution in [0.1, 0.15) is 16.0 Å². The first kappa shape index (κ1) is 14.0. The average Bonchev–Trinajstić information content (AvgIpc) is 2.93. The van der Waals surface area contributed by atoms with Crippen LogP contribution >= 0.6 is 11.3 Å². The van der Waals surface area contributed by atoms with Gasteiger partial charge in [-0.1, -0.05) is 0 Å². The number of amides is 1. The largest absolute Gasteiger partial charge is 0.321 e. The third kappa shape index (κ3) is 2.51. The number of fused-ring (bicyclic) bond motifs is 1. The van der Waals surface area contributed by atoms with Crippen molar-refractivity contribution in [2.75, 3.05) is 5.32 Å². The zero-order valence-electron chi connectivity index (χ0n) is 11.1. The topological polar surface area (TPSA) is 89.3 Å². The molecule has 0 unspecified atom stereocenters. The molecule has 0 saturated carbocycles. The lowest BCUT2D eigenvalue weighted by Gasteiger charge is -2.02. The number of primary sulfonamides is 1. The van der Waals surface area contributed by atoms with Gasteiger partial charge in [0.25, 0.3) is 5.91 Å². The lowest BCUT2D eigenvalue weighted by atomic mass is 10.1. The van der Waals surface area contributed by atoms with Crippen molar-refractivity contribution in [1.82, 2.24) is 0 Å². The summed E-state index contributed by atoms with van der Waals surface area (Å²) in [6.07, 6.45) is 1.77. The minimum atomic E-state index is -3.80. The first-order valence-corrected chi connectivity index (χ1v) is 8.53. The van der Waals surface area contributed by atoms with Crippen molar-refractivity contribution in [3.8, 4) is 0 Å². The lowest BCUT2D eigenvalue weighted by molar-refractivity contribution is -0.110. The SMILES string of the molecule is Cc1ccsc1C=C1C(=O)Nc2ccc(S(N)(=O)=O)cc21. The molecular formula is C14H12N2O3S2. The number of nitrogens with two attached hydrogens (primary N) is 1. The van der Waals surface area contributed by atoms with Gasteiger partial charge >= 0.3 is 0 Å². The summed E-state index contributed by atoms with van der Waals surface area (Å²) in [4.78, 5) is 13.0. The molecular weight excluding hydrogens is 308 g/mol. The van der Waals surface area contributed by atoms with Crippen LogP contribution in [0, 0.1) is 6.92 Å². The Kier molecular flexibility index (Phi) is 3.20. The summed E-state index contributed by atoms with van der Waals surface area (Å²) in [5.41, 5.74) is 2.66. The lowest BCUT2D eigenvalue weighted by Crippen LogP contribution is -2.12. The van der Waals surface area contributed by atoms with Crippen molar-refractivity contribution < 1.29 is 13.2 Å². The van der Waals surface area contributed by atoms with Crippen LogP contribution in [0.5, 0.6) is 0 Å². The molecule has 108 valence electrons. The van der Waals surface area contributed by atoms with Crippen molar-refractivity contribution in [3.63, 3.8) is 0 Å². The molecule has 1 aliphatic heterocycles. The normalized spacial score (nSPS) is 16.1. The summed E-state index contributed by atoms with van der Waals surface area (Å²) in [6, 6.07) is 6.33. The maximum Gasteiger partial charge on any atom is 0.256 e. The summed E-state index contributed by atoms with van der Waals surface area (Å²) in [5.74, 6) is -0.246. The third-order valence-electron chi connectivity index (χ3n) is 3.28. The molecule has 0 bridgehead atoms. The van der Waals surface area contributed by atoms with Gasteiger partial charge in [0.15, 0.2) is 0 Å². The Labute approximate surface area is 126 Å². The molecule has 0 saturated heterocycles. The van der Waals surface area contributed by atoms with E-state index in [-0.39, 0.29) is 10.8 Å². The molecule has 0 radical (unpaired) electrons. The Balaban J connectivity index is 2.17. The van der Waals surface area contributed by atoms with Crippen LogP contribution in [-0.4, -0.2) is 14.3 Å². The smallest absolute Gasteiger partial charge is 0.256 e. The minimum Gasteiger partial charge on any atom is -0.321 e. The highest BCUT2D eigenvalue weighted by Gasteiger charge is 2.26. The van der Waals surface area contributed by atoms with Crippen molar-refractivity contribution in [1.29, 1.82) is 0 Å². The number of anilines is 1. The molecule has 1 aromatic heterocycles. The number of thiophene rings is 1. The second kappa shape index (κ2) is 4.80. The molecule has 7 heteroatoms. The van der Waals surface area contributed by atoms with Gasteiger partial charge in [0.1, 0.15) is 0 Å². The first-order valence-electron chi connectivity index (χ1n) is 6.10. The van der Waals surface area contributed by atoms with Gasteiger partial charge in [0.2, 0.25) is 10.0 Å². The Morgan fingerprint density at radius 2 is 2.05 bits per heavy atom. The molecule has 3 N–H and O–H groups in total. The molecule has 3 rings (SSSR count). The van der Waals surface area contributed by atoms with Crippen LogP contribution in [0.25, 0.3) is 11.6 Å². The monoisotopic (exact) mass is 320 g/mol. The maximum absolute atomic E-state index is 12.1. The van der Waals surface area contributed by atoms with Gasteiger partial charge < -0.3 is 5.32 Å². The summed E-state index contributed by atoms with van der Waals surface area (Å²) < 4.78 is 22.9. The molecule has 5 nitrogen and oxygen atoms in total. The number of carbonyl (C=O) groups excluding carboxylic acids is 1. The van der Waals surface area contributed by atoms with E-state index >= 15 is 0 Å². The van der Waals surface area contributed by atoms with Crippen molar-refractivity contribution in [2.45, 2.75) is 11.8 Å². The van der Waals surface area contributed by atoms with Gasteiger partial charge in [-0.3, -0.25) is 4.79 Å². The molecule has 1 aliphatic rings. The van der Waals surface area contributed by atoms with E-state index in [2.05, 4.69) is 5.32 Å². The van der Waals surface area contributed by atoms with Crippen LogP contribution in [-0.2, 0) is 14.8 Å². The fraction of sp³-hybridized carbons (Fsp3) is 0.0714. The van der Waals surface area contributed by atoms with E-state index in [1.54, 1.807) is 12.1 Å². The molecule has 0 spiro atoms. The van der Waals surface area contributed by atoms with Gasteiger partial charge in [-0.15, -0.1) is 11.3 Å². The number of aryl methyl sites for hydroxylation is 1. The highest BCUT2D eigenvalue weighted by molar-refractivity contribution is 7.89. The number of hydrogen-bond donors (Lipinski definition) is 2. The summed E-state index contributed by atoms with van der Waals surface area (Å²) in [5, 5.41) is 9.80. The maximum atomic E-state index is 12.1. The number of benzene rings is 1. The second-order valence-corrected chi connectivity index (χ2v) is 7.24. The third-order valence-corrected chi connectivity index (χ3v) is 5.16. The van der Waals surface area contributed by atoms with Gasteiger partial charge in [0, 0.05) is 16.1 Å². The van der Waals surface area contributed by atoms with E-state index in [9.17, 15) is 13.2 Å². The Hall–Kier alpha value is -1.96. The number of rotatable bonds is 2. The number of sulfonamides is 1. The predicted octanol–water partition coefficient (Wildman–Crippen LogP) is 2.20. The molecule has 1 amide bonds. The van der Waals surface area contributed by atoms with Gasteiger partial charge in [0.05, 0.1) is 10.5 Å². The van der Waals surface area contributed by atoms with E-state index in [0.717, 1.165) is 10.4 Å². The summed E-state index contributed by atoms with van der Waals surface area (Å²) in [6.45, 7) is 1.96. The van der Waals surface area contributed by atoms with Gasteiger partial charge in [-0.05, 0) is 48.2 Å². The van der Waals surface area contributed by atoms with Gasteiger partial charge in [-0.25, -0.2) is 13.6 Å². The van der Waals surface area contributed by atoms with Crippen LogP contribution < -0.4 is 10.5 Å². The molecule has 2 aromatic rings. The molecule has 1 aromatic carbocycles. The number of hydrogen-bond acceptors (Lipinski definition) is 4. The minimum absolute atomic E-state index is 0.00782. The van der Waals surface area contributed by atoms with Crippen LogP contribution in [0.3, 0.4) is 0 Å². The predicted molar refractivity (Wildman–Crippen MR) is 83.4 cm³/mol. The number of nitrogens with one attached hydrogen (secondary N) is 1. The summed E-state index contributed by atoms with van der Waals surface area (Å²) in [7, 11) is -3.80. The average molecular weight is 320 g/mol. The Morgan fingerprint density at radius 1 is 1.29 bits per heavy atom. The molecule has 0 atom stereocenters. The highest BCUT2D eigenvalue weighted by Crippen LogP contribution is 2.35. The van der Waals surface area contributed by atoms with Crippen molar-refractivity contribution in [3.05, 3.63) is 45.6 Å². The summed E-state index contributed by atoms with van der Waals surface area (Å²) >= 11 is 1.52. The zero-order chi connectivity index (χ0) is 15.2. The van der Waals surface area contributed by atoms with E-state index < -0.39 is 10.0 Å². The quantitative estimate of drug-likeness (QED) is 0.831. The molecule has 0 aliphatic carbocycles. The fourth-order valence-electron chi connectivity index (χ4n) is 2.15. The Morgan fingerprint density at radius 3 is 2.67 bits per heavy atom. The van der Waals surface area contributed by atoms with E-state index in [4.69, 9.17) is 5.14 Å². The Bertz CT molecular complexity index is 879. The van der Waals surface area contributed by atoms with E-state index in [1.165, 1.54) is 23.5 Å². The highest BCUT2D eigenvalue weighted by atomic mass is 32.2. The molecule has 2 heterocycles. The fourth-order valence-corrected chi connectivity index (χ4v) is 3.55. The second-order valence-electron chi connectivity index (χ2n) is 4.73. The number of carbonyl (C=O) groups is 1. The molecule has 21 heavy (non-hydrogen) atoms.